The quantitative estimate of drug-likeness (QED) is 0.564. The van der Waals surface area contributed by atoms with Crippen molar-refractivity contribution in [3.05, 3.63) is 65.9 Å². The number of hydrogen-bond acceptors (Lipinski definition) is 4. The summed E-state index contributed by atoms with van der Waals surface area (Å²) in [6.45, 7) is 2.94. The van der Waals surface area contributed by atoms with Gasteiger partial charge in [-0.2, -0.15) is 0 Å². The van der Waals surface area contributed by atoms with Crippen molar-refractivity contribution in [3.8, 4) is 11.1 Å². The van der Waals surface area contributed by atoms with Crippen LogP contribution in [0.3, 0.4) is 0 Å². The highest BCUT2D eigenvalue weighted by molar-refractivity contribution is 7.89. The van der Waals surface area contributed by atoms with Gasteiger partial charge in [-0.1, -0.05) is 24.3 Å². The molecule has 0 radical (unpaired) electrons. The monoisotopic (exact) mass is 427 g/mol. The van der Waals surface area contributed by atoms with E-state index in [-0.39, 0.29) is 10.5 Å². The van der Waals surface area contributed by atoms with E-state index in [1.54, 1.807) is 36.4 Å². The zero-order chi connectivity index (χ0) is 22.1. The Hall–Kier alpha value is -2.94. The predicted octanol–water partition coefficient (Wildman–Crippen LogP) is 3.08. The summed E-state index contributed by atoms with van der Waals surface area (Å²) in [5, 5.41) is 10.2. The molecule has 1 aromatic heterocycles. The Morgan fingerprint density at radius 1 is 1.17 bits per heavy atom. The Morgan fingerprint density at radius 3 is 2.53 bits per heavy atom. The molecule has 0 saturated carbocycles. The third-order valence-electron chi connectivity index (χ3n) is 5.06. The maximum atomic E-state index is 12.6. The lowest BCUT2D eigenvalue weighted by Crippen LogP contribution is -2.22. The van der Waals surface area contributed by atoms with E-state index in [9.17, 15) is 18.3 Å². The zero-order valence-electron chi connectivity index (χ0n) is 17.2. The molecule has 0 atom stereocenters. The van der Waals surface area contributed by atoms with Crippen molar-refractivity contribution < 1.29 is 18.3 Å². The summed E-state index contributed by atoms with van der Waals surface area (Å²) in [5.41, 5.74) is 9.03. The smallest absolute Gasteiger partial charge is 0.335 e. The van der Waals surface area contributed by atoms with Gasteiger partial charge < -0.3 is 15.4 Å². The van der Waals surface area contributed by atoms with Gasteiger partial charge >= 0.3 is 5.97 Å². The first-order valence-corrected chi connectivity index (χ1v) is 10.9. The molecule has 0 aliphatic heterocycles. The summed E-state index contributed by atoms with van der Waals surface area (Å²) < 4.78 is 28.5. The average Bonchev–Trinajstić information content (AvgIpc) is 2.99. The number of carboxylic acid groups (broad SMARTS) is 1. The van der Waals surface area contributed by atoms with Crippen LogP contribution in [0.2, 0.25) is 0 Å². The van der Waals surface area contributed by atoms with Gasteiger partial charge in [-0.15, -0.1) is 0 Å². The third-order valence-corrected chi connectivity index (χ3v) is 6.87. The molecule has 0 amide bonds. The van der Waals surface area contributed by atoms with Crippen LogP contribution in [-0.2, 0) is 16.6 Å². The molecule has 8 heteroatoms. The molecule has 3 aromatic rings. The van der Waals surface area contributed by atoms with Crippen LogP contribution in [-0.4, -0.2) is 49.0 Å². The van der Waals surface area contributed by atoms with Crippen molar-refractivity contribution in [2.24, 2.45) is 5.73 Å². The van der Waals surface area contributed by atoms with Crippen molar-refractivity contribution in [2.45, 2.75) is 18.4 Å². The number of aromatic carboxylic acids is 1. The molecule has 0 bridgehead atoms. The molecular weight excluding hydrogens is 402 g/mol. The number of allylic oxidation sites excluding steroid dienone is 1. The minimum atomic E-state index is -3.60. The largest absolute Gasteiger partial charge is 0.478 e. The topological polar surface area (TPSA) is 106 Å². The number of nitrogens with two attached hydrogens (primary N) is 1. The Labute approximate surface area is 176 Å². The van der Waals surface area contributed by atoms with Gasteiger partial charge in [0, 0.05) is 49.3 Å². The minimum Gasteiger partial charge on any atom is -0.478 e. The molecule has 0 aliphatic rings. The first-order valence-electron chi connectivity index (χ1n) is 9.42. The van der Waals surface area contributed by atoms with Crippen molar-refractivity contribution in [1.29, 1.82) is 0 Å². The molecule has 2 aromatic carbocycles. The standard InChI is InChI=1S/C22H25N3O4S/c1-15-21(16-7-6-8-18(13-16)30(28,29)24(2)3)19-14-17(22(26)27)9-10-20(19)25(15)12-5-4-11-23/h4-10,13-14H,11-12,23H2,1-3H3,(H,26,27). The van der Waals surface area contributed by atoms with Crippen molar-refractivity contribution >= 4 is 26.9 Å². The van der Waals surface area contributed by atoms with E-state index >= 15 is 0 Å². The summed E-state index contributed by atoms with van der Waals surface area (Å²) in [7, 11) is -0.622. The Kier molecular flexibility index (Phi) is 6.12. The van der Waals surface area contributed by atoms with Crippen molar-refractivity contribution in [3.63, 3.8) is 0 Å². The Balaban J connectivity index is 2.30. The minimum absolute atomic E-state index is 0.176. The number of carboxylic acids is 1. The molecule has 7 nitrogen and oxygen atoms in total. The molecule has 3 rings (SSSR count). The Morgan fingerprint density at radius 2 is 1.90 bits per heavy atom. The normalized spacial score (nSPS) is 12.3. The third kappa shape index (κ3) is 3.89. The molecule has 0 saturated heterocycles. The summed E-state index contributed by atoms with van der Waals surface area (Å²) in [6, 6.07) is 11.7. The fourth-order valence-electron chi connectivity index (χ4n) is 3.51. The number of sulfonamides is 1. The highest BCUT2D eigenvalue weighted by Gasteiger charge is 2.21. The zero-order valence-corrected chi connectivity index (χ0v) is 18.0. The van der Waals surface area contributed by atoms with E-state index in [2.05, 4.69) is 4.57 Å². The number of nitrogens with zero attached hydrogens (tertiary/aromatic N) is 2. The molecule has 1 heterocycles. The summed E-state index contributed by atoms with van der Waals surface area (Å²) in [4.78, 5) is 11.7. The maximum absolute atomic E-state index is 12.6. The van der Waals surface area contributed by atoms with E-state index < -0.39 is 16.0 Å². The number of benzene rings is 2. The van der Waals surface area contributed by atoms with Crippen LogP contribution in [0.5, 0.6) is 0 Å². The first kappa shape index (κ1) is 21.8. The van der Waals surface area contributed by atoms with E-state index in [1.807, 2.05) is 25.1 Å². The van der Waals surface area contributed by atoms with Crippen LogP contribution < -0.4 is 5.73 Å². The first-order chi connectivity index (χ1) is 14.2. The number of carbonyl (C=O) groups is 1. The summed E-state index contributed by atoms with van der Waals surface area (Å²) >= 11 is 0. The van der Waals surface area contributed by atoms with Crippen molar-refractivity contribution in [1.82, 2.24) is 8.87 Å². The lowest BCUT2D eigenvalue weighted by atomic mass is 10.0. The lowest BCUT2D eigenvalue weighted by molar-refractivity contribution is 0.0697. The van der Waals surface area contributed by atoms with Crippen LogP contribution in [0, 0.1) is 6.92 Å². The van der Waals surface area contributed by atoms with Gasteiger partial charge in [0.1, 0.15) is 0 Å². The van der Waals surface area contributed by atoms with Gasteiger partial charge in [0.05, 0.1) is 10.5 Å². The van der Waals surface area contributed by atoms with Crippen LogP contribution >= 0.6 is 0 Å². The molecule has 0 fully saturated rings. The second-order valence-electron chi connectivity index (χ2n) is 7.13. The number of rotatable bonds is 7. The summed E-state index contributed by atoms with van der Waals surface area (Å²) in [6.07, 6.45) is 3.81. The molecule has 158 valence electrons. The number of fused-ring (bicyclic) bond motifs is 1. The molecule has 0 spiro atoms. The number of aromatic nitrogens is 1. The van der Waals surface area contributed by atoms with Gasteiger partial charge in [-0.3, -0.25) is 0 Å². The highest BCUT2D eigenvalue weighted by atomic mass is 32.2. The lowest BCUT2D eigenvalue weighted by Gasteiger charge is -2.13. The van der Waals surface area contributed by atoms with Crippen LogP contribution in [0.1, 0.15) is 16.1 Å². The predicted molar refractivity (Wildman–Crippen MR) is 118 cm³/mol. The summed E-state index contributed by atoms with van der Waals surface area (Å²) in [5.74, 6) is -1.01. The van der Waals surface area contributed by atoms with Gasteiger partial charge in [0.15, 0.2) is 0 Å². The van der Waals surface area contributed by atoms with Crippen molar-refractivity contribution in [2.75, 3.05) is 20.6 Å². The van der Waals surface area contributed by atoms with Gasteiger partial charge in [-0.25, -0.2) is 17.5 Å². The van der Waals surface area contributed by atoms with Crippen LogP contribution in [0.15, 0.2) is 59.5 Å². The molecular formula is C22H25N3O4S. The fraction of sp³-hybridized carbons (Fsp3) is 0.227. The van der Waals surface area contributed by atoms with E-state index in [0.717, 1.165) is 22.2 Å². The van der Waals surface area contributed by atoms with Gasteiger partial charge in [0.25, 0.3) is 0 Å². The van der Waals surface area contributed by atoms with Crippen LogP contribution in [0.4, 0.5) is 0 Å². The number of hydrogen-bond donors (Lipinski definition) is 2. The molecule has 0 aliphatic carbocycles. The van der Waals surface area contributed by atoms with Crippen LogP contribution in [0.25, 0.3) is 22.0 Å². The molecule has 3 N–H and O–H groups in total. The second kappa shape index (κ2) is 8.43. The molecule has 0 unspecified atom stereocenters. The van der Waals surface area contributed by atoms with E-state index in [1.165, 1.54) is 18.4 Å². The Bertz CT molecular complexity index is 1240. The SMILES string of the molecule is Cc1c(-c2cccc(S(=O)(=O)N(C)C)c2)c2cc(C(=O)O)ccc2n1CC=CCN. The maximum Gasteiger partial charge on any atom is 0.335 e. The average molecular weight is 428 g/mol. The van der Waals surface area contributed by atoms with Gasteiger partial charge in [0.2, 0.25) is 10.0 Å². The second-order valence-corrected chi connectivity index (χ2v) is 9.28. The van der Waals surface area contributed by atoms with E-state index in [0.29, 0.717) is 18.7 Å². The van der Waals surface area contributed by atoms with Gasteiger partial charge in [-0.05, 0) is 42.8 Å². The van der Waals surface area contributed by atoms with E-state index in [4.69, 9.17) is 5.73 Å². The fourth-order valence-corrected chi connectivity index (χ4v) is 4.46. The molecule has 30 heavy (non-hydrogen) atoms. The highest BCUT2D eigenvalue weighted by Crippen LogP contribution is 2.36.